The first-order valence-electron chi connectivity index (χ1n) is 8.42. The summed E-state index contributed by atoms with van der Waals surface area (Å²) < 4.78 is 0. The molecule has 1 aliphatic rings. The van der Waals surface area contributed by atoms with Crippen molar-refractivity contribution in [2.45, 2.75) is 31.7 Å². The minimum Gasteiger partial charge on any atom is -0.394 e. The molecule has 4 heteroatoms. The Labute approximate surface area is 142 Å². The minimum atomic E-state index is -0.543. The molecule has 1 fully saturated rings. The molecule has 1 atom stereocenters. The molecule has 0 heterocycles. The molecule has 0 saturated heterocycles. The van der Waals surface area contributed by atoms with Gasteiger partial charge in [0, 0.05) is 5.69 Å². The van der Waals surface area contributed by atoms with E-state index in [0.717, 1.165) is 30.5 Å². The van der Waals surface area contributed by atoms with Gasteiger partial charge in [-0.05, 0) is 49.3 Å². The van der Waals surface area contributed by atoms with Gasteiger partial charge < -0.3 is 15.7 Å². The lowest BCUT2D eigenvalue weighted by molar-refractivity contribution is 0.159. The van der Waals surface area contributed by atoms with Crippen LogP contribution in [-0.2, 0) is 6.42 Å². The van der Waals surface area contributed by atoms with Crippen LogP contribution in [0.4, 0.5) is 10.5 Å². The third kappa shape index (κ3) is 3.95. The summed E-state index contributed by atoms with van der Waals surface area (Å²) in [6, 6.07) is 17.7. The molecule has 0 radical (unpaired) electrons. The fraction of sp³-hybridized carbons (Fsp3) is 0.350. The van der Waals surface area contributed by atoms with Crippen LogP contribution in [-0.4, -0.2) is 23.3 Å². The zero-order valence-corrected chi connectivity index (χ0v) is 14.0. The molecule has 1 aliphatic carbocycles. The summed E-state index contributed by atoms with van der Waals surface area (Å²) in [5, 5.41) is 15.5. The number of urea groups is 1. The molecule has 24 heavy (non-hydrogen) atoms. The van der Waals surface area contributed by atoms with Crippen molar-refractivity contribution in [3.63, 3.8) is 0 Å². The Bertz CT molecular complexity index is 698. The van der Waals surface area contributed by atoms with Crippen molar-refractivity contribution in [2.75, 3.05) is 11.9 Å². The molecule has 2 aromatic rings. The Kier molecular flexibility index (Phi) is 4.86. The summed E-state index contributed by atoms with van der Waals surface area (Å²) in [4.78, 5) is 12.4. The summed E-state index contributed by atoms with van der Waals surface area (Å²) >= 11 is 0. The Morgan fingerprint density at radius 2 is 1.79 bits per heavy atom. The molecule has 3 rings (SSSR count). The van der Waals surface area contributed by atoms with Crippen LogP contribution in [0.15, 0.2) is 54.6 Å². The molecule has 2 amide bonds. The first kappa shape index (κ1) is 16.5. The van der Waals surface area contributed by atoms with Gasteiger partial charge in [0.2, 0.25) is 0 Å². The van der Waals surface area contributed by atoms with Crippen molar-refractivity contribution >= 4 is 11.7 Å². The summed E-state index contributed by atoms with van der Waals surface area (Å²) in [5.74, 6) is 0.368. The van der Waals surface area contributed by atoms with Crippen LogP contribution in [0.2, 0.25) is 0 Å². The number of anilines is 1. The lowest BCUT2D eigenvalue weighted by atomic mass is 9.97. The van der Waals surface area contributed by atoms with E-state index in [1.807, 2.05) is 49.4 Å². The average Bonchev–Trinajstić information content (AvgIpc) is 3.43. The summed E-state index contributed by atoms with van der Waals surface area (Å²) in [7, 11) is 0. The molecular weight excluding hydrogens is 300 g/mol. The second-order valence-electron chi connectivity index (χ2n) is 6.75. The van der Waals surface area contributed by atoms with Gasteiger partial charge in [-0.15, -0.1) is 0 Å². The average molecular weight is 324 g/mol. The lowest BCUT2D eigenvalue weighted by Gasteiger charge is -2.29. The molecule has 0 aliphatic heterocycles. The number of carbonyl (C=O) groups is 1. The van der Waals surface area contributed by atoms with Crippen LogP contribution >= 0.6 is 0 Å². The highest BCUT2D eigenvalue weighted by molar-refractivity contribution is 5.90. The largest absolute Gasteiger partial charge is 0.394 e. The summed E-state index contributed by atoms with van der Waals surface area (Å²) in [6.07, 6.45) is 2.88. The molecule has 0 bridgehead atoms. The van der Waals surface area contributed by atoms with E-state index in [-0.39, 0.29) is 12.6 Å². The highest BCUT2D eigenvalue weighted by atomic mass is 16.3. The maximum Gasteiger partial charge on any atom is 0.319 e. The van der Waals surface area contributed by atoms with Crippen molar-refractivity contribution < 1.29 is 9.90 Å². The number of benzene rings is 2. The number of nitrogens with one attached hydrogen (secondary N) is 2. The van der Waals surface area contributed by atoms with Crippen molar-refractivity contribution in [2.24, 2.45) is 5.92 Å². The SMILES string of the molecule is CC(CO)(NC(=O)Nc1ccccc1Cc1ccccc1)C1CC1. The molecule has 2 aromatic carbocycles. The highest BCUT2D eigenvalue weighted by Gasteiger charge is 2.42. The zero-order chi connectivity index (χ0) is 17.0. The van der Waals surface area contributed by atoms with Gasteiger partial charge in [0.15, 0.2) is 0 Å². The topological polar surface area (TPSA) is 61.4 Å². The number of amides is 2. The van der Waals surface area contributed by atoms with E-state index in [1.54, 1.807) is 0 Å². The Balaban J connectivity index is 1.69. The van der Waals surface area contributed by atoms with Gasteiger partial charge in [0.1, 0.15) is 0 Å². The van der Waals surface area contributed by atoms with E-state index in [0.29, 0.717) is 5.92 Å². The third-order valence-corrected chi connectivity index (χ3v) is 4.71. The van der Waals surface area contributed by atoms with E-state index in [1.165, 1.54) is 5.56 Å². The standard InChI is InChI=1S/C20H24N2O2/c1-20(14-23,17-11-12-17)22-19(24)21-18-10-6-5-9-16(18)13-15-7-3-2-4-8-15/h2-10,17,23H,11-14H2,1H3,(H2,21,22,24). The van der Waals surface area contributed by atoms with E-state index >= 15 is 0 Å². The Morgan fingerprint density at radius 3 is 2.46 bits per heavy atom. The monoisotopic (exact) mass is 324 g/mol. The Morgan fingerprint density at radius 1 is 1.12 bits per heavy atom. The van der Waals surface area contributed by atoms with Crippen molar-refractivity contribution in [3.05, 3.63) is 65.7 Å². The second-order valence-corrected chi connectivity index (χ2v) is 6.75. The maximum atomic E-state index is 12.4. The van der Waals surface area contributed by atoms with Crippen molar-refractivity contribution in [1.29, 1.82) is 0 Å². The van der Waals surface area contributed by atoms with Crippen LogP contribution in [0.3, 0.4) is 0 Å². The predicted octanol–water partition coefficient (Wildman–Crippen LogP) is 3.56. The van der Waals surface area contributed by atoms with E-state index in [4.69, 9.17) is 0 Å². The fourth-order valence-electron chi connectivity index (χ4n) is 3.02. The van der Waals surface area contributed by atoms with Gasteiger partial charge in [-0.2, -0.15) is 0 Å². The van der Waals surface area contributed by atoms with Crippen LogP contribution in [0, 0.1) is 5.92 Å². The Hall–Kier alpha value is -2.33. The second kappa shape index (κ2) is 7.05. The van der Waals surface area contributed by atoms with E-state index < -0.39 is 5.54 Å². The number of aliphatic hydroxyl groups excluding tert-OH is 1. The van der Waals surface area contributed by atoms with Gasteiger partial charge >= 0.3 is 6.03 Å². The van der Waals surface area contributed by atoms with Crippen LogP contribution in [0.1, 0.15) is 30.9 Å². The molecule has 1 unspecified atom stereocenters. The minimum absolute atomic E-state index is 0.0449. The first-order chi connectivity index (χ1) is 11.6. The van der Waals surface area contributed by atoms with Gasteiger partial charge in [-0.25, -0.2) is 4.79 Å². The van der Waals surface area contributed by atoms with Gasteiger partial charge in [-0.3, -0.25) is 0 Å². The summed E-state index contributed by atoms with van der Waals surface area (Å²) in [5.41, 5.74) is 2.52. The molecule has 3 N–H and O–H groups in total. The predicted molar refractivity (Wildman–Crippen MR) is 96.1 cm³/mol. The number of aliphatic hydroxyl groups is 1. The number of hydrogen-bond acceptors (Lipinski definition) is 2. The van der Waals surface area contributed by atoms with E-state index in [9.17, 15) is 9.90 Å². The van der Waals surface area contributed by atoms with Gasteiger partial charge in [-0.1, -0.05) is 48.5 Å². The van der Waals surface area contributed by atoms with Crippen molar-refractivity contribution in [1.82, 2.24) is 5.32 Å². The third-order valence-electron chi connectivity index (χ3n) is 4.71. The van der Waals surface area contributed by atoms with E-state index in [2.05, 4.69) is 22.8 Å². The van der Waals surface area contributed by atoms with Crippen molar-refractivity contribution in [3.8, 4) is 0 Å². The van der Waals surface area contributed by atoms with Crippen LogP contribution in [0.25, 0.3) is 0 Å². The lowest BCUT2D eigenvalue weighted by Crippen LogP contribution is -2.52. The molecule has 4 nitrogen and oxygen atoms in total. The van der Waals surface area contributed by atoms with Crippen LogP contribution < -0.4 is 10.6 Å². The molecule has 1 saturated carbocycles. The number of rotatable bonds is 6. The molecule has 126 valence electrons. The molecular formula is C20H24N2O2. The van der Waals surface area contributed by atoms with Gasteiger partial charge in [0.25, 0.3) is 0 Å². The number of para-hydroxylation sites is 1. The highest BCUT2D eigenvalue weighted by Crippen LogP contribution is 2.39. The smallest absolute Gasteiger partial charge is 0.319 e. The maximum absolute atomic E-state index is 12.4. The quantitative estimate of drug-likeness (QED) is 0.761. The summed E-state index contributed by atoms with van der Waals surface area (Å²) in [6.45, 7) is 1.86. The zero-order valence-electron chi connectivity index (χ0n) is 14.0. The van der Waals surface area contributed by atoms with Crippen LogP contribution in [0.5, 0.6) is 0 Å². The number of hydrogen-bond donors (Lipinski definition) is 3. The van der Waals surface area contributed by atoms with Gasteiger partial charge in [0.05, 0.1) is 12.1 Å². The first-order valence-corrected chi connectivity index (χ1v) is 8.42. The molecule has 0 spiro atoms. The fourth-order valence-corrected chi connectivity index (χ4v) is 3.02. The molecule has 0 aromatic heterocycles. The number of carbonyl (C=O) groups excluding carboxylic acids is 1. The normalized spacial score (nSPS) is 16.2.